The molecule has 2 bridgehead atoms. The van der Waals surface area contributed by atoms with Crippen molar-refractivity contribution in [3.63, 3.8) is 0 Å². The Hall–Kier alpha value is -2.43. The van der Waals surface area contributed by atoms with E-state index in [1.165, 1.54) is 23.5 Å². The smallest absolute Gasteiger partial charge is 0.335 e. The summed E-state index contributed by atoms with van der Waals surface area (Å²) in [5, 5.41) is 15.4. The Morgan fingerprint density at radius 1 is 1.41 bits per heavy atom. The molecule has 2 unspecified atom stereocenters. The molecule has 1 saturated heterocycles. The van der Waals surface area contributed by atoms with E-state index in [0.29, 0.717) is 29.4 Å². The van der Waals surface area contributed by atoms with Crippen LogP contribution in [0, 0.1) is 11.7 Å². The van der Waals surface area contributed by atoms with Gasteiger partial charge in [0.05, 0.1) is 11.6 Å². The topological polar surface area (TPSA) is 77.8 Å². The third kappa shape index (κ3) is 3.70. The molecule has 2 N–H and O–H groups in total. The van der Waals surface area contributed by atoms with Gasteiger partial charge < -0.3 is 10.4 Å². The first-order valence-corrected chi connectivity index (χ1v) is 11.3. The average molecular weight is 483 g/mol. The summed E-state index contributed by atoms with van der Waals surface area (Å²) in [5.74, 6) is -4.40. The van der Waals surface area contributed by atoms with Crippen molar-refractivity contribution in [2.24, 2.45) is 10.9 Å². The van der Waals surface area contributed by atoms with Crippen molar-refractivity contribution in [2.75, 3.05) is 13.1 Å². The number of aliphatic imine (C=N–C) groups is 1. The zero-order valence-electron chi connectivity index (χ0n) is 16.6. The van der Waals surface area contributed by atoms with Crippen LogP contribution in [-0.4, -0.2) is 51.8 Å². The number of thiazole rings is 1. The highest BCUT2D eigenvalue weighted by atomic mass is 35.5. The molecular weight excluding hydrogens is 465 g/mol. The Labute approximate surface area is 190 Å². The lowest BCUT2D eigenvalue weighted by atomic mass is 9.95. The van der Waals surface area contributed by atoms with Crippen LogP contribution in [-0.2, 0) is 4.79 Å². The number of rotatable bonds is 5. The number of likely N-dealkylation sites (tertiary alicyclic amines) is 1. The molecule has 11 heteroatoms. The number of aliphatic carboxylic acids is 1. The van der Waals surface area contributed by atoms with Crippen molar-refractivity contribution in [1.29, 1.82) is 0 Å². The minimum atomic E-state index is -2.80. The van der Waals surface area contributed by atoms with Crippen molar-refractivity contribution in [3.05, 3.63) is 62.5 Å². The summed E-state index contributed by atoms with van der Waals surface area (Å²) in [6, 6.07) is 1.70. The Morgan fingerprint density at radius 3 is 2.84 bits per heavy atom. The molecule has 32 heavy (non-hydrogen) atoms. The lowest BCUT2D eigenvalue weighted by Gasteiger charge is -2.35. The van der Waals surface area contributed by atoms with Crippen LogP contribution in [0.5, 0.6) is 0 Å². The third-order valence-electron chi connectivity index (χ3n) is 6.15. The van der Waals surface area contributed by atoms with Crippen molar-refractivity contribution in [2.45, 2.75) is 30.8 Å². The quantitative estimate of drug-likeness (QED) is 0.671. The summed E-state index contributed by atoms with van der Waals surface area (Å²) in [6.45, 7) is 0.474. The van der Waals surface area contributed by atoms with Crippen LogP contribution in [0.15, 0.2) is 46.0 Å². The number of carboxylic acids is 1. The molecule has 5 rings (SSSR count). The van der Waals surface area contributed by atoms with E-state index < -0.39 is 29.8 Å². The summed E-state index contributed by atoms with van der Waals surface area (Å²) in [5.41, 5.74) is 0.461. The van der Waals surface area contributed by atoms with Gasteiger partial charge in [-0.3, -0.25) is 9.89 Å². The lowest BCUT2D eigenvalue weighted by molar-refractivity contribution is -0.133. The maximum absolute atomic E-state index is 14.4. The van der Waals surface area contributed by atoms with Crippen molar-refractivity contribution in [1.82, 2.24) is 15.2 Å². The molecule has 0 amide bonds. The predicted molar refractivity (Wildman–Crippen MR) is 114 cm³/mol. The molecule has 3 atom stereocenters. The summed E-state index contributed by atoms with van der Waals surface area (Å²) in [7, 11) is 0. The highest BCUT2D eigenvalue weighted by Crippen LogP contribution is 2.48. The minimum absolute atomic E-state index is 0.00189. The Bertz CT molecular complexity index is 1140. The molecule has 1 aromatic carbocycles. The first-order valence-electron chi connectivity index (χ1n) is 10.0. The van der Waals surface area contributed by atoms with Gasteiger partial charge in [0.1, 0.15) is 11.9 Å². The number of nitrogens with one attached hydrogen (secondary N) is 1. The number of aromatic nitrogens is 1. The molecule has 1 aliphatic carbocycles. The first-order chi connectivity index (χ1) is 15.2. The fourth-order valence-corrected chi connectivity index (χ4v) is 5.71. The second kappa shape index (κ2) is 7.86. The highest BCUT2D eigenvalue weighted by molar-refractivity contribution is 7.11. The number of benzene rings is 1. The fraction of sp³-hybridized carbons (Fsp3) is 0.381. The molecule has 6 nitrogen and oxygen atoms in total. The third-order valence-corrected chi connectivity index (χ3v) is 7.26. The van der Waals surface area contributed by atoms with Crippen LogP contribution in [0.4, 0.5) is 13.2 Å². The average Bonchev–Trinajstić information content (AvgIpc) is 3.43. The van der Waals surface area contributed by atoms with Crippen LogP contribution < -0.4 is 5.32 Å². The SMILES string of the molecule is O=C(O)C1=C(CN2CC3CC2C(F)(F)C3)NC(c2nccs2)=N[C@H]1c1ccc(F)cc1Cl. The molecule has 0 spiro atoms. The number of carboxylic acid groups (broad SMARTS) is 1. The van der Waals surface area contributed by atoms with E-state index >= 15 is 0 Å². The molecule has 3 heterocycles. The zero-order chi connectivity index (χ0) is 22.6. The molecule has 2 aromatic rings. The Morgan fingerprint density at radius 2 is 2.22 bits per heavy atom. The van der Waals surface area contributed by atoms with E-state index in [0.717, 1.165) is 6.07 Å². The van der Waals surface area contributed by atoms with Gasteiger partial charge in [-0.25, -0.2) is 22.9 Å². The summed E-state index contributed by atoms with van der Waals surface area (Å²) in [4.78, 5) is 22.7. The number of hydrogen-bond donors (Lipinski definition) is 2. The van der Waals surface area contributed by atoms with E-state index in [1.807, 2.05) is 0 Å². The second-order valence-corrected chi connectivity index (χ2v) is 9.52. The van der Waals surface area contributed by atoms with Gasteiger partial charge in [0.25, 0.3) is 5.92 Å². The molecule has 0 radical (unpaired) electrons. The summed E-state index contributed by atoms with van der Waals surface area (Å²) >= 11 is 7.54. The molecule has 2 fully saturated rings. The van der Waals surface area contributed by atoms with E-state index in [2.05, 4.69) is 15.3 Å². The van der Waals surface area contributed by atoms with Gasteiger partial charge in [-0.2, -0.15) is 0 Å². The van der Waals surface area contributed by atoms with E-state index in [-0.39, 0.29) is 35.2 Å². The van der Waals surface area contributed by atoms with Crippen molar-refractivity contribution in [3.8, 4) is 0 Å². The van der Waals surface area contributed by atoms with Crippen molar-refractivity contribution >= 4 is 34.7 Å². The minimum Gasteiger partial charge on any atom is -0.478 e. The van der Waals surface area contributed by atoms with Crippen LogP contribution in [0.25, 0.3) is 0 Å². The number of alkyl halides is 2. The van der Waals surface area contributed by atoms with Gasteiger partial charge in [0.2, 0.25) is 0 Å². The number of nitrogens with zero attached hydrogens (tertiary/aromatic N) is 3. The molecule has 3 aliphatic rings. The summed E-state index contributed by atoms with van der Waals surface area (Å²) in [6.07, 6.45) is 1.84. The number of fused-ring (bicyclic) bond motifs is 2. The van der Waals surface area contributed by atoms with E-state index in [1.54, 1.807) is 16.5 Å². The van der Waals surface area contributed by atoms with Crippen molar-refractivity contribution < 1.29 is 23.1 Å². The summed E-state index contributed by atoms with van der Waals surface area (Å²) < 4.78 is 42.3. The molecular formula is C21H18ClF3N4O2S. The fourth-order valence-electron chi connectivity index (χ4n) is 4.85. The number of carbonyl (C=O) groups is 1. The van der Waals surface area contributed by atoms with E-state index in [4.69, 9.17) is 11.6 Å². The Kier molecular flexibility index (Phi) is 5.26. The van der Waals surface area contributed by atoms with Crippen LogP contribution in [0.3, 0.4) is 0 Å². The maximum atomic E-state index is 14.4. The highest BCUT2D eigenvalue weighted by Gasteiger charge is 2.56. The first kappa shape index (κ1) is 21.4. The van der Waals surface area contributed by atoms with Crippen LogP contribution >= 0.6 is 22.9 Å². The van der Waals surface area contributed by atoms with Crippen LogP contribution in [0.2, 0.25) is 5.02 Å². The molecule has 1 aromatic heterocycles. The Balaban J connectivity index is 1.58. The lowest BCUT2D eigenvalue weighted by Crippen LogP contribution is -2.48. The zero-order valence-corrected chi connectivity index (χ0v) is 18.1. The largest absolute Gasteiger partial charge is 0.478 e. The molecule has 2 aliphatic heterocycles. The standard InChI is InChI=1S/C21H18ClF3N4O2S/c22-13-6-11(23)1-2-12(13)17-16(20(30)31)14(27-18(28-17)19-26-3-4-32-19)9-29-8-10-5-15(29)21(24,25)7-10/h1-4,6,10,15,17H,5,7-9H2,(H,27,28)(H,30,31)/t10?,15?,17-/m0/s1. The number of halogens is 4. The number of piperidine rings is 1. The second-order valence-electron chi connectivity index (χ2n) is 8.22. The normalized spacial score (nSPS) is 26.9. The maximum Gasteiger partial charge on any atom is 0.335 e. The number of hydrogen-bond acceptors (Lipinski definition) is 6. The molecule has 168 valence electrons. The number of amidine groups is 1. The van der Waals surface area contributed by atoms with E-state index in [9.17, 15) is 23.1 Å². The van der Waals surface area contributed by atoms with Gasteiger partial charge in [-0.1, -0.05) is 17.7 Å². The van der Waals surface area contributed by atoms with Gasteiger partial charge >= 0.3 is 5.97 Å². The van der Waals surface area contributed by atoms with Gasteiger partial charge in [-0.05, 0) is 24.5 Å². The van der Waals surface area contributed by atoms with Gasteiger partial charge in [-0.15, -0.1) is 11.3 Å². The van der Waals surface area contributed by atoms with Gasteiger partial charge in [0, 0.05) is 47.4 Å². The van der Waals surface area contributed by atoms with Gasteiger partial charge in [0.15, 0.2) is 10.8 Å². The monoisotopic (exact) mass is 482 g/mol. The van der Waals surface area contributed by atoms with Crippen LogP contribution in [0.1, 0.15) is 29.5 Å². The predicted octanol–water partition coefficient (Wildman–Crippen LogP) is 4.09. The molecule has 1 saturated carbocycles.